The van der Waals surface area contributed by atoms with Crippen LogP contribution in [-0.4, -0.2) is 64.6 Å². The maximum Gasteiger partial charge on any atom is 0.274 e. The van der Waals surface area contributed by atoms with Crippen molar-refractivity contribution in [1.82, 2.24) is 24.5 Å². The molecule has 1 saturated heterocycles. The molecule has 11 heteroatoms. The summed E-state index contributed by atoms with van der Waals surface area (Å²) in [6, 6.07) is 5.54. The first-order valence-electron chi connectivity index (χ1n) is 11.0. The van der Waals surface area contributed by atoms with Gasteiger partial charge in [-0.1, -0.05) is 0 Å². The minimum absolute atomic E-state index is 0.00219. The lowest BCUT2D eigenvalue weighted by atomic mass is 10.3. The summed E-state index contributed by atoms with van der Waals surface area (Å²) in [6.07, 6.45) is 4.16. The third-order valence-corrected chi connectivity index (χ3v) is 6.79. The van der Waals surface area contributed by atoms with Crippen LogP contribution in [0.2, 0.25) is 0 Å². The Morgan fingerprint density at radius 1 is 1.30 bits per heavy atom. The van der Waals surface area contributed by atoms with Crippen LogP contribution < -0.4 is 21.5 Å². The van der Waals surface area contributed by atoms with E-state index in [1.165, 1.54) is 6.20 Å². The molecule has 3 fully saturated rings. The van der Waals surface area contributed by atoms with Crippen molar-refractivity contribution in [3.8, 4) is 0 Å². The average Bonchev–Trinajstić information content (AvgIpc) is 3.58. The fourth-order valence-electron chi connectivity index (χ4n) is 4.80. The number of pyridine rings is 1. The second-order valence-electron chi connectivity index (χ2n) is 8.78. The molecule has 172 valence electrons. The van der Waals surface area contributed by atoms with Crippen molar-refractivity contribution < 1.29 is 14.3 Å². The number of aromatic nitrogens is 4. The number of hydrogen-bond donors (Lipinski definition) is 3. The monoisotopic (exact) mass is 451 g/mol. The highest BCUT2D eigenvalue weighted by Gasteiger charge is 2.55. The lowest BCUT2D eigenvalue weighted by molar-refractivity contribution is 0.0936. The molecule has 6 rings (SSSR count). The minimum Gasteiger partial charge on any atom is -0.381 e. The maximum atomic E-state index is 13.1. The van der Waals surface area contributed by atoms with E-state index in [-0.39, 0.29) is 29.7 Å². The molecule has 3 aromatic rings. The van der Waals surface area contributed by atoms with Crippen LogP contribution in [0.15, 0.2) is 35.4 Å². The summed E-state index contributed by atoms with van der Waals surface area (Å²) < 4.78 is 14.1. The zero-order valence-electron chi connectivity index (χ0n) is 18.3. The van der Waals surface area contributed by atoms with E-state index in [1.54, 1.807) is 35.4 Å². The fraction of sp³-hybridized carbons (Fsp3) is 0.455. The van der Waals surface area contributed by atoms with Gasteiger partial charge in [0, 0.05) is 44.3 Å². The van der Waals surface area contributed by atoms with Crippen LogP contribution in [0.4, 0.5) is 17.3 Å². The molecule has 33 heavy (non-hydrogen) atoms. The number of anilines is 3. The molecule has 3 aromatic heterocycles. The summed E-state index contributed by atoms with van der Waals surface area (Å²) in [5.41, 5.74) is 1.07. The molecule has 0 aromatic carbocycles. The second-order valence-corrected chi connectivity index (χ2v) is 8.78. The topological polar surface area (TPSA) is 124 Å². The number of nitrogens with one attached hydrogen (secondary N) is 3. The third kappa shape index (κ3) is 3.35. The van der Waals surface area contributed by atoms with E-state index in [4.69, 9.17) is 9.47 Å². The van der Waals surface area contributed by atoms with E-state index in [1.807, 2.05) is 12.3 Å². The molecule has 2 unspecified atom stereocenters. The van der Waals surface area contributed by atoms with Crippen molar-refractivity contribution in [1.29, 1.82) is 0 Å². The van der Waals surface area contributed by atoms with Crippen LogP contribution in [0.1, 0.15) is 22.8 Å². The van der Waals surface area contributed by atoms with E-state index in [0.29, 0.717) is 53.6 Å². The molecule has 0 spiro atoms. The Balaban J connectivity index is 1.31. The molecular formula is C22H25N7O4. The van der Waals surface area contributed by atoms with Crippen molar-refractivity contribution in [2.75, 3.05) is 38.0 Å². The smallest absolute Gasteiger partial charge is 0.274 e. The Labute approximate surface area is 189 Å². The van der Waals surface area contributed by atoms with Crippen LogP contribution in [0.3, 0.4) is 0 Å². The molecular weight excluding hydrogens is 426 g/mol. The van der Waals surface area contributed by atoms with E-state index in [2.05, 4.69) is 26.0 Å². The van der Waals surface area contributed by atoms with Crippen molar-refractivity contribution in [2.24, 2.45) is 11.8 Å². The third-order valence-electron chi connectivity index (χ3n) is 6.79. The van der Waals surface area contributed by atoms with Crippen molar-refractivity contribution >= 4 is 28.9 Å². The summed E-state index contributed by atoms with van der Waals surface area (Å²) in [4.78, 5) is 30.6. The van der Waals surface area contributed by atoms with Gasteiger partial charge in [-0.2, -0.15) is 9.61 Å². The number of methoxy groups -OCH3 is 1. The van der Waals surface area contributed by atoms with Crippen LogP contribution in [-0.2, 0) is 9.47 Å². The van der Waals surface area contributed by atoms with Gasteiger partial charge < -0.3 is 30.0 Å². The first-order valence-corrected chi connectivity index (χ1v) is 11.0. The number of carbonyl (C=O) groups excluding carboxylic acids is 1. The van der Waals surface area contributed by atoms with E-state index in [9.17, 15) is 9.59 Å². The molecule has 5 atom stereocenters. The Morgan fingerprint density at radius 3 is 2.85 bits per heavy atom. The fourth-order valence-corrected chi connectivity index (χ4v) is 4.80. The molecule has 11 nitrogen and oxygen atoms in total. The van der Waals surface area contributed by atoms with Crippen LogP contribution in [0, 0.1) is 11.8 Å². The zero-order chi connectivity index (χ0) is 22.7. The molecule has 4 heterocycles. The molecule has 1 aliphatic heterocycles. The summed E-state index contributed by atoms with van der Waals surface area (Å²) >= 11 is 0. The van der Waals surface area contributed by atoms with Gasteiger partial charge in [-0.3, -0.25) is 9.59 Å². The summed E-state index contributed by atoms with van der Waals surface area (Å²) in [5, 5.41) is 13.5. The first kappa shape index (κ1) is 20.2. The molecule has 0 radical (unpaired) electrons. The SMILES string of the molecule is CNc1cc(Nc2cccn(C3[C@H]4COC[C@@H]34)c2=O)nc2c(C(=O)NC3C[C@@H]3OC)cnn12. The van der Waals surface area contributed by atoms with Crippen molar-refractivity contribution in [3.05, 3.63) is 46.5 Å². The predicted octanol–water partition coefficient (Wildman–Crippen LogP) is 1.01. The summed E-state index contributed by atoms with van der Waals surface area (Å²) in [6.45, 7) is 1.42. The summed E-state index contributed by atoms with van der Waals surface area (Å²) in [5.74, 6) is 1.65. The Bertz CT molecular complexity index is 1290. The van der Waals surface area contributed by atoms with Gasteiger partial charge in [0.15, 0.2) is 5.65 Å². The predicted molar refractivity (Wildman–Crippen MR) is 120 cm³/mol. The van der Waals surface area contributed by atoms with E-state index < -0.39 is 0 Å². The molecule has 3 aliphatic rings. The van der Waals surface area contributed by atoms with Crippen LogP contribution in [0.5, 0.6) is 0 Å². The van der Waals surface area contributed by atoms with Crippen LogP contribution >= 0.6 is 0 Å². The molecule has 0 bridgehead atoms. The van der Waals surface area contributed by atoms with Crippen LogP contribution in [0.25, 0.3) is 5.65 Å². The van der Waals surface area contributed by atoms with Crippen molar-refractivity contribution in [3.63, 3.8) is 0 Å². The van der Waals surface area contributed by atoms with Gasteiger partial charge in [0.05, 0.1) is 31.6 Å². The maximum absolute atomic E-state index is 13.1. The lowest BCUT2D eigenvalue weighted by Crippen LogP contribution is -2.28. The minimum atomic E-state index is -0.259. The number of carbonyl (C=O) groups is 1. The average molecular weight is 451 g/mol. The molecule has 2 aliphatic carbocycles. The first-order chi connectivity index (χ1) is 16.1. The quantitative estimate of drug-likeness (QED) is 0.486. The van der Waals surface area contributed by atoms with Gasteiger partial charge in [-0.15, -0.1) is 0 Å². The van der Waals surface area contributed by atoms with Gasteiger partial charge in [-0.05, 0) is 18.6 Å². The van der Waals surface area contributed by atoms with Gasteiger partial charge in [0.1, 0.15) is 22.9 Å². The normalized spacial score (nSPS) is 27.3. The number of nitrogens with zero attached hydrogens (tertiary/aromatic N) is 4. The second kappa shape index (κ2) is 7.56. The number of amides is 1. The van der Waals surface area contributed by atoms with Gasteiger partial charge in [-0.25, -0.2) is 4.98 Å². The zero-order valence-corrected chi connectivity index (χ0v) is 18.3. The highest BCUT2D eigenvalue weighted by Crippen LogP contribution is 2.53. The number of rotatable bonds is 7. The van der Waals surface area contributed by atoms with E-state index >= 15 is 0 Å². The standard InChI is InChI=1S/C22H25N7O4/c1-23-18-7-17(25-14-4-3-5-28(22(14)31)19-12-9-33-10-13(12)19)27-20-11(8-24-29(18)20)21(30)26-15-6-16(15)32-2/h3-5,7-8,12-13,15-16,19,23H,6,9-10H2,1-2H3,(H,25,27)(H,26,30)/t12-,13+,15?,16-,19?/m0/s1. The molecule has 3 N–H and O–H groups in total. The largest absolute Gasteiger partial charge is 0.381 e. The van der Waals surface area contributed by atoms with Crippen molar-refractivity contribution in [2.45, 2.75) is 24.6 Å². The van der Waals surface area contributed by atoms with Gasteiger partial charge >= 0.3 is 0 Å². The van der Waals surface area contributed by atoms with Gasteiger partial charge in [0.25, 0.3) is 11.5 Å². The molecule has 2 saturated carbocycles. The number of ether oxygens (including phenoxy) is 2. The van der Waals surface area contributed by atoms with E-state index in [0.717, 1.165) is 6.42 Å². The summed E-state index contributed by atoms with van der Waals surface area (Å²) in [7, 11) is 3.39. The lowest BCUT2D eigenvalue weighted by Gasteiger charge is -2.13. The Morgan fingerprint density at radius 2 is 2.12 bits per heavy atom. The number of fused-ring (bicyclic) bond motifs is 2. The Hall–Kier alpha value is -3.44. The highest BCUT2D eigenvalue weighted by molar-refractivity contribution is 6.00. The highest BCUT2D eigenvalue weighted by atomic mass is 16.5. The Kier molecular flexibility index (Phi) is 4.63. The molecule has 1 amide bonds. The number of hydrogen-bond acceptors (Lipinski definition) is 8. The van der Waals surface area contributed by atoms with Gasteiger partial charge in [0.2, 0.25) is 0 Å².